The van der Waals surface area contributed by atoms with Crippen LogP contribution in [0.3, 0.4) is 0 Å². The van der Waals surface area contributed by atoms with Gasteiger partial charge < -0.3 is 14.8 Å². The van der Waals surface area contributed by atoms with Gasteiger partial charge in [-0.15, -0.1) is 0 Å². The average Bonchev–Trinajstić information content (AvgIpc) is 3.03. The molecule has 1 N–H and O–H groups in total. The van der Waals surface area contributed by atoms with Crippen LogP contribution in [0.15, 0.2) is 12.1 Å². The molecule has 1 aliphatic rings. The van der Waals surface area contributed by atoms with E-state index in [1.54, 1.807) is 6.07 Å². The van der Waals surface area contributed by atoms with Gasteiger partial charge in [0.15, 0.2) is 0 Å². The van der Waals surface area contributed by atoms with Gasteiger partial charge in [-0.2, -0.15) is 0 Å². The Morgan fingerprint density at radius 2 is 1.91 bits per heavy atom. The number of nitrogens with zero attached hydrogens (tertiary/aromatic N) is 1. The van der Waals surface area contributed by atoms with Gasteiger partial charge in [0, 0.05) is 12.7 Å². The van der Waals surface area contributed by atoms with Gasteiger partial charge in [-0.3, -0.25) is 4.79 Å². The number of rotatable bonds is 8. The van der Waals surface area contributed by atoms with Crippen molar-refractivity contribution in [3.05, 3.63) is 17.8 Å². The van der Waals surface area contributed by atoms with Crippen LogP contribution in [0.1, 0.15) is 58.1 Å². The fourth-order valence-corrected chi connectivity index (χ4v) is 2.87. The van der Waals surface area contributed by atoms with E-state index in [4.69, 9.17) is 9.47 Å². The SMILES string of the molecule is CCCOc1ccc(NC(=O)C2(OCCC)CCCC2)c(C)n1. The third-order valence-electron chi connectivity index (χ3n) is 4.17. The first-order chi connectivity index (χ1) is 11.1. The number of aromatic nitrogens is 1. The number of hydrogen-bond acceptors (Lipinski definition) is 4. The van der Waals surface area contributed by atoms with E-state index in [2.05, 4.69) is 24.1 Å². The first-order valence-corrected chi connectivity index (χ1v) is 8.67. The third kappa shape index (κ3) is 4.44. The number of amides is 1. The second kappa shape index (κ2) is 8.29. The van der Waals surface area contributed by atoms with Crippen LogP contribution in [0.25, 0.3) is 0 Å². The van der Waals surface area contributed by atoms with E-state index in [1.165, 1.54) is 0 Å². The zero-order chi connectivity index (χ0) is 16.7. The first-order valence-electron chi connectivity index (χ1n) is 8.67. The fraction of sp³-hybridized carbons (Fsp3) is 0.667. The van der Waals surface area contributed by atoms with Gasteiger partial charge in [0.2, 0.25) is 5.88 Å². The van der Waals surface area contributed by atoms with Crippen LogP contribution >= 0.6 is 0 Å². The molecule has 0 aliphatic heterocycles. The molecule has 1 aromatic heterocycles. The standard InChI is InChI=1S/C18H28N2O3/c1-4-12-22-16-9-8-15(14(3)19-16)20-17(21)18(23-13-5-2)10-6-7-11-18/h8-9H,4-7,10-13H2,1-3H3,(H,20,21). The maximum Gasteiger partial charge on any atom is 0.256 e. The summed E-state index contributed by atoms with van der Waals surface area (Å²) in [5.74, 6) is 0.552. The first kappa shape index (κ1) is 17.7. The van der Waals surface area contributed by atoms with Crippen LogP contribution in [-0.2, 0) is 9.53 Å². The van der Waals surface area contributed by atoms with Crippen molar-refractivity contribution in [3.63, 3.8) is 0 Å². The van der Waals surface area contributed by atoms with Crippen LogP contribution in [0.5, 0.6) is 5.88 Å². The van der Waals surface area contributed by atoms with Crippen LogP contribution in [-0.4, -0.2) is 29.7 Å². The van der Waals surface area contributed by atoms with Crippen molar-refractivity contribution in [2.24, 2.45) is 0 Å². The molecule has 0 spiro atoms. The molecule has 0 saturated heterocycles. The molecular weight excluding hydrogens is 292 g/mol. The highest BCUT2D eigenvalue weighted by atomic mass is 16.5. The van der Waals surface area contributed by atoms with E-state index in [9.17, 15) is 4.79 Å². The Morgan fingerprint density at radius 3 is 2.52 bits per heavy atom. The number of hydrogen-bond donors (Lipinski definition) is 1. The predicted octanol–water partition coefficient (Wildman–Crippen LogP) is 3.86. The summed E-state index contributed by atoms with van der Waals surface area (Å²) in [7, 11) is 0. The lowest BCUT2D eigenvalue weighted by molar-refractivity contribution is -0.140. The van der Waals surface area contributed by atoms with E-state index in [1.807, 2.05) is 13.0 Å². The third-order valence-corrected chi connectivity index (χ3v) is 4.17. The summed E-state index contributed by atoms with van der Waals surface area (Å²) in [5.41, 5.74) is 0.820. The summed E-state index contributed by atoms with van der Waals surface area (Å²) in [4.78, 5) is 17.2. The Morgan fingerprint density at radius 1 is 1.22 bits per heavy atom. The normalized spacial score (nSPS) is 16.3. The van der Waals surface area contributed by atoms with Gasteiger partial charge in [-0.1, -0.05) is 13.8 Å². The van der Waals surface area contributed by atoms with Crippen molar-refractivity contribution in [3.8, 4) is 5.88 Å². The second-order valence-corrected chi connectivity index (χ2v) is 6.13. The van der Waals surface area contributed by atoms with Crippen molar-refractivity contribution < 1.29 is 14.3 Å². The maximum absolute atomic E-state index is 12.8. The quantitative estimate of drug-likeness (QED) is 0.790. The van der Waals surface area contributed by atoms with Crippen molar-refractivity contribution >= 4 is 11.6 Å². The van der Waals surface area contributed by atoms with Crippen molar-refractivity contribution in [2.75, 3.05) is 18.5 Å². The molecule has 0 atom stereocenters. The predicted molar refractivity (Wildman–Crippen MR) is 90.8 cm³/mol. The minimum Gasteiger partial charge on any atom is -0.478 e. The molecule has 0 unspecified atom stereocenters. The fourth-order valence-electron chi connectivity index (χ4n) is 2.87. The Balaban J connectivity index is 2.06. The molecule has 1 heterocycles. The Labute approximate surface area is 138 Å². The van der Waals surface area contributed by atoms with Gasteiger partial charge in [0.25, 0.3) is 5.91 Å². The van der Waals surface area contributed by atoms with Crippen molar-refractivity contribution in [1.29, 1.82) is 0 Å². The number of nitrogens with one attached hydrogen (secondary N) is 1. The number of pyridine rings is 1. The summed E-state index contributed by atoms with van der Waals surface area (Å²) < 4.78 is 11.5. The van der Waals surface area contributed by atoms with Crippen LogP contribution in [0.2, 0.25) is 0 Å². The molecule has 5 heteroatoms. The molecule has 1 fully saturated rings. The van der Waals surface area contributed by atoms with E-state index in [0.29, 0.717) is 19.1 Å². The molecule has 1 saturated carbocycles. The molecule has 128 valence electrons. The molecule has 0 radical (unpaired) electrons. The number of carbonyl (C=O) groups is 1. The summed E-state index contributed by atoms with van der Waals surface area (Å²) in [6.45, 7) is 7.26. The number of carbonyl (C=O) groups excluding carboxylic acids is 1. The molecule has 0 aromatic carbocycles. The lowest BCUT2D eigenvalue weighted by Crippen LogP contribution is -2.43. The van der Waals surface area contributed by atoms with E-state index < -0.39 is 5.60 Å². The topological polar surface area (TPSA) is 60.5 Å². The van der Waals surface area contributed by atoms with Gasteiger partial charge in [0.1, 0.15) is 5.60 Å². The van der Waals surface area contributed by atoms with Crippen LogP contribution in [0.4, 0.5) is 5.69 Å². The number of anilines is 1. The monoisotopic (exact) mass is 320 g/mol. The summed E-state index contributed by atoms with van der Waals surface area (Å²) in [6.07, 6.45) is 5.53. The highest BCUT2D eigenvalue weighted by Crippen LogP contribution is 2.35. The Kier molecular flexibility index (Phi) is 6.39. The summed E-state index contributed by atoms with van der Waals surface area (Å²) >= 11 is 0. The minimum atomic E-state index is -0.667. The molecule has 2 rings (SSSR count). The molecule has 1 aromatic rings. The van der Waals surface area contributed by atoms with E-state index in [-0.39, 0.29) is 5.91 Å². The molecule has 1 amide bonds. The average molecular weight is 320 g/mol. The van der Waals surface area contributed by atoms with Crippen LogP contribution in [0, 0.1) is 6.92 Å². The van der Waals surface area contributed by atoms with Crippen molar-refractivity contribution in [1.82, 2.24) is 4.98 Å². The zero-order valence-corrected chi connectivity index (χ0v) is 14.5. The van der Waals surface area contributed by atoms with Crippen molar-refractivity contribution in [2.45, 2.75) is 64.9 Å². The zero-order valence-electron chi connectivity index (χ0n) is 14.5. The van der Waals surface area contributed by atoms with E-state index >= 15 is 0 Å². The Bertz CT molecular complexity index is 525. The lowest BCUT2D eigenvalue weighted by atomic mass is 10.0. The molecule has 0 bridgehead atoms. The number of aryl methyl sites for hydroxylation is 1. The second-order valence-electron chi connectivity index (χ2n) is 6.13. The molecule has 5 nitrogen and oxygen atoms in total. The minimum absolute atomic E-state index is 0.0458. The lowest BCUT2D eigenvalue weighted by Gasteiger charge is -2.28. The Hall–Kier alpha value is -1.62. The van der Waals surface area contributed by atoms with Gasteiger partial charge in [-0.05, 0) is 51.5 Å². The van der Waals surface area contributed by atoms with Gasteiger partial charge >= 0.3 is 0 Å². The summed E-state index contributed by atoms with van der Waals surface area (Å²) in [5, 5.41) is 3.00. The highest BCUT2D eigenvalue weighted by Gasteiger charge is 2.42. The molecular formula is C18H28N2O3. The molecule has 1 aliphatic carbocycles. The smallest absolute Gasteiger partial charge is 0.256 e. The van der Waals surface area contributed by atoms with Crippen LogP contribution < -0.4 is 10.1 Å². The number of ether oxygens (including phenoxy) is 2. The summed E-state index contributed by atoms with van der Waals surface area (Å²) in [6, 6.07) is 3.65. The highest BCUT2D eigenvalue weighted by molar-refractivity contribution is 5.98. The van der Waals surface area contributed by atoms with Gasteiger partial charge in [0.05, 0.1) is 18.0 Å². The van der Waals surface area contributed by atoms with E-state index in [0.717, 1.165) is 49.9 Å². The molecule has 23 heavy (non-hydrogen) atoms. The van der Waals surface area contributed by atoms with Gasteiger partial charge in [-0.25, -0.2) is 4.98 Å². The largest absolute Gasteiger partial charge is 0.478 e. The maximum atomic E-state index is 12.8.